The number of likely N-dealkylation sites (tertiary alicyclic amines) is 1. The van der Waals surface area contributed by atoms with Crippen LogP contribution in [-0.2, 0) is 20.9 Å². The summed E-state index contributed by atoms with van der Waals surface area (Å²) in [6.07, 6.45) is 1.87. The Bertz CT molecular complexity index is 538. The van der Waals surface area contributed by atoms with E-state index >= 15 is 0 Å². The summed E-state index contributed by atoms with van der Waals surface area (Å²) in [6.45, 7) is 1.11. The van der Waals surface area contributed by atoms with Crippen molar-refractivity contribution in [3.63, 3.8) is 0 Å². The number of amides is 3. The first-order valence-corrected chi connectivity index (χ1v) is 7.46. The lowest BCUT2D eigenvalue weighted by atomic mass is 10.2. The molecule has 0 spiro atoms. The number of imide groups is 1. The van der Waals surface area contributed by atoms with Crippen molar-refractivity contribution in [2.24, 2.45) is 0 Å². The fraction of sp³-hybridized carbons (Fsp3) is 0.438. The second kappa shape index (κ2) is 7.70. The third-order valence-electron chi connectivity index (χ3n) is 3.56. The SMILES string of the molecule is CNCCCC(=O)Nc1ccc(CN2C(=O)CCC2=O)cc1. The Kier molecular flexibility index (Phi) is 5.66. The number of benzene rings is 1. The molecule has 1 saturated heterocycles. The van der Waals surface area contributed by atoms with Crippen molar-refractivity contribution in [2.75, 3.05) is 18.9 Å². The lowest BCUT2D eigenvalue weighted by molar-refractivity contribution is -0.139. The number of nitrogens with zero attached hydrogens (tertiary/aromatic N) is 1. The number of nitrogens with one attached hydrogen (secondary N) is 2. The minimum atomic E-state index is -0.119. The summed E-state index contributed by atoms with van der Waals surface area (Å²) in [5, 5.41) is 5.82. The zero-order chi connectivity index (χ0) is 15.9. The lowest BCUT2D eigenvalue weighted by Crippen LogP contribution is -2.28. The van der Waals surface area contributed by atoms with E-state index in [-0.39, 0.29) is 17.7 Å². The summed E-state index contributed by atoms with van der Waals surface area (Å²) in [7, 11) is 1.85. The van der Waals surface area contributed by atoms with Gasteiger partial charge < -0.3 is 10.6 Å². The zero-order valence-corrected chi connectivity index (χ0v) is 12.7. The molecule has 6 heteroatoms. The largest absolute Gasteiger partial charge is 0.326 e. The Morgan fingerprint density at radius 2 is 1.77 bits per heavy atom. The maximum Gasteiger partial charge on any atom is 0.229 e. The summed E-state index contributed by atoms with van der Waals surface area (Å²) in [6, 6.07) is 7.22. The average Bonchev–Trinajstić information content (AvgIpc) is 2.81. The van der Waals surface area contributed by atoms with Gasteiger partial charge in [-0.15, -0.1) is 0 Å². The maximum absolute atomic E-state index is 11.7. The highest BCUT2D eigenvalue weighted by Gasteiger charge is 2.28. The molecule has 22 heavy (non-hydrogen) atoms. The van der Waals surface area contributed by atoms with Crippen molar-refractivity contribution in [3.05, 3.63) is 29.8 Å². The van der Waals surface area contributed by atoms with E-state index in [0.29, 0.717) is 25.8 Å². The van der Waals surface area contributed by atoms with Gasteiger partial charge >= 0.3 is 0 Å². The molecule has 6 nitrogen and oxygen atoms in total. The van der Waals surface area contributed by atoms with Gasteiger partial charge in [0, 0.05) is 24.9 Å². The van der Waals surface area contributed by atoms with E-state index in [1.54, 1.807) is 12.1 Å². The normalized spacial score (nSPS) is 14.5. The van der Waals surface area contributed by atoms with Crippen LogP contribution >= 0.6 is 0 Å². The number of carbonyl (C=O) groups excluding carboxylic acids is 3. The van der Waals surface area contributed by atoms with Crippen molar-refractivity contribution in [3.8, 4) is 0 Å². The topological polar surface area (TPSA) is 78.5 Å². The quantitative estimate of drug-likeness (QED) is 0.587. The van der Waals surface area contributed by atoms with Gasteiger partial charge in [0.15, 0.2) is 0 Å². The molecule has 3 amide bonds. The van der Waals surface area contributed by atoms with Crippen LogP contribution < -0.4 is 10.6 Å². The van der Waals surface area contributed by atoms with Crippen molar-refractivity contribution < 1.29 is 14.4 Å². The molecule has 0 saturated carbocycles. The second-order valence-electron chi connectivity index (χ2n) is 5.33. The molecule has 1 aromatic carbocycles. The Labute approximate surface area is 129 Å². The highest BCUT2D eigenvalue weighted by atomic mass is 16.2. The molecule has 0 unspecified atom stereocenters. The van der Waals surface area contributed by atoms with E-state index in [4.69, 9.17) is 0 Å². The van der Waals surface area contributed by atoms with E-state index in [1.165, 1.54) is 4.90 Å². The average molecular weight is 303 g/mol. The van der Waals surface area contributed by atoms with Crippen LogP contribution in [0, 0.1) is 0 Å². The Balaban J connectivity index is 1.86. The van der Waals surface area contributed by atoms with Crippen LogP contribution in [0.3, 0.4) is 0 Å². The summed E-state index contributed by atoms with van der Waals surface area (Å²) < 4.78 is 0. The zero-order valence-electron chi connectivity index (χ0n) is 12.7. The minimum Gasteiger partial charge on any atom is -0.326 e. The van der Waals surface area contributed by atoms with Crippen molar-refractivity contribution in [1.29, 1.82) is 0 Å². The van der Waals surface area contributed by atoms with Crippen molar-refractivity contribution in [1.82, 2.24) is 10.2 Å². The van der Waals surface area contributed by atoms with E-state index in [1.807, 2.05) is 19.2 Å². The first-order valence-electron chi connectivity index (χ1n) is 7.46. The standard InChI is InChI=1S/C16H21N3O3/c1-17-10-2-3-14(20)18-13-6-4-12(5-7-13)11-19-15(21)8-9-16(19)22/h4-7,17H,2-3,8-11H2,1H3,(H,18,20). The molecule has 0 bridgehead atoms. The minimum absolute atomic E-state index is 0.0205. The fourth-order valence-electron chi connectivity index (χ4n) is 2.32. The molecular formula is C16H21N3O3. The number of rotatable bonds is 7. The van der Waals surface area contributed by atoms with E-state index in [9.17, 15) is 14.4 Å². The third kappa shape index (κ3) is 4.39. The van der Waals surface area contributed by atoms with Crippen LogP contribution in [0.4, 0.5) is 5.69 Å². The van der Waals surface area contributed by atoms with Gasteiger partial charge in [0.25, 0.3) is 0 Å². The summed E-state index contributed by atoms with van der Waals surface area (Å²) >= 11 is 0. The Morgan fingerprint density at radius 3 is 2.36 bits per heavy atom. The van der Waals surface area contributed by atoms with Gasteiger partial charge in [-0.3, -0.25) is 19.3 Å². The molecule has 0 atom stereocenters. The van der Waals surface area contributed by atoms with Crippen LogP contribution in [-0.4, -0.2) is 36.2 Å². The molecule has 118 valence electrons. The number of anilines is 1. The van der Waals surface area contributed by atoms with Gasteiger partial charge in [0.1, 0.15) is 0 Å². The molecule has 1 aliphatic heterocycles. The fourth-order valence-corrected chi connectivity index (χ4v) is 2.32. The van der Waals surface area contributed by atoms with Gasteiger partial charge in [-0.2, -0.15) is 0 Å². The summed E-state index contributed by atoms with van der Waals surface area (Å²) in [5.74, 6) is -0.258. The number of hydrogen-bond acceptors (Lipinski definition) is 4. The van der Waals surface area contributed by atoms with Crippen LogP contribution in [0.1, 0.15) is 31.2 Å². The molecular weight excluding hydrogens is 282 g/mol. The van der Waals surface area contributed by atoms with Crippen LogP contribution in [0.2, 0.25) is 0 Å². The molecule has 1 aromatic rings. The van der Waals surface area contributed by atoms with Crippen LogP contribution in [0.5, 0.6) is 0 Å². The molecule has 0 aromatic heterocycles. The lowest BCUT2D eigenvalue weighted by Gasteiger charge is -2.14. The van der Waals surface area contributed by atoms with Crippen molar-refractivity contribution >= 4 is 23.4 Å². The Hall–Kier alpha value is -2.21. The second-order valence-corrected chi connectivity index (χ2v) is 5.33. The van der Waals surface area contributed by atoms with E-state index in [2.05, 4.69) is 10.6 Å². The highest BCUT2D eigenvalue weighted by molar-refractivity contribution is 6.01. The highest BCUT2D eigenvalue weighted by Crippen LogP contribution is 2.17. The van der Waals surface area contributed by atoms with E-state index in [0.717, 1.165) is 24.2 Å². The monoisotopic (exact) mass is 303 g/mol. The number of carbonyl (C=O) groups is 3. The molecule has 1 fully saturated rings. The molecule has 1 aliphatic rings. The third-order valence-corrected chi connectivity index (χ3v) is 3.56. The van der Waals surface area contributed by atoms with Gasteiger partial charge in [-0.1, -0.05) is 12.1 Å². The molecule has 0 aliphatic carbocycles. The van der Waals surface area contributed by atoms with Gasteiger partial charge in [0.2, 0.25) is 17.7 Å². The first-order chi connectivity index (χ1) is 10.6. The molecule has 2 rings (SSSR count). The molecule has 1 heterocycles. The molecule has 0 radical (unpaired) electrons. The van der Waals surface area contributed by atoms with Gasteiger partial charge in [-0.05, 0) is 37.7 Å². The molecule has 2 N–H and O–H groups in total. The number of hydrogen-bond donors (Lipinski definition) is 2. The first kappa shape index (κ1) is 16.2. The van der Waals surface area contributed by atoms with Crippen molar-refractivity contribution in [2.45, 2.75) is 32.2 Å². The van der Waals surface area contributed by atoms with Crippen LogP contribution in [0.15, 0.2) is 24.3 Å². The van der Waals surface area contributed by atoms with Gasteiger partial charge in [-0.25, -0.2) is 0 Å². The predicted molar refractivity (Wildman–Crippen MR) is 83.0 cm³/mol. The predicted octanol–water partition coefficient (Wildman–Crippen LogP) is 1.27. The van der Waals surface area contributed by atoms with Crippen LogP contribution in [0.25, 0.3) is 0 Å². The Morgan fingerprint density at radius 1 is 1.14 bits per heavy atom. The maximum atomic E-state index is 11.7. The summed E-state index contributed by atoms with van der Waals surface area (Å²) in [4.78, 5) is 36.1. The summed E-state index contributed by atoms with van der Waals surface area (Å²) in [5.41, 5.74) is 1.59. The smallest absolute Gasteiger partial charge is 0.229 e. The van der Waals surface area contributed by atoms with E-state index < -0.39 is 0 Å². The van der Waals surface area contributed by atoms with Gasteiger partial charge in [0.05, 0.1) is 6.54 Å².